The summed E-state index contributed by atoms with van der Waals surface area (Å²) in [5.41, 5.74) is 4.51. The second-order valence-electron chi connectivity index (χ2n) is 6.86. The molecule has 1 N–H and O–H groups in total. The van der Waals surface area contributed by atoms with Gasteiger partial charge in [0.25, 0.3) is 0 Å². The third-order valence-corrected chi connectivity index (χ3v) is 3.93. The van der Waals surface area contributed by atoms with Crippen LogP contribution in [0.3, 0.4) is 0 Å². The van der Waals surface area contributed by atoms with Crippen molar-refractivity contribution in [2.45, 2.75) is 53.6 Å². The van der Waals surface area contributed by atoms with Crippen LogP contribution in [0.5, 0.6) is 0 Å². The fourth-order valence-corrected chi connectivity index (χ4v) is 2.74. The fraction of sp³-hybridized carbons (Fsp3) is 0.381. The molecule has 0 unspecified atom stereocenters. The van der Waals surface area contributed by atoms with Crippen molar-refractivity contribution in [3.63, 3.8) is 0 Å². The Labute approximate surface area is 146 Å². The minimum atomic E-state index is 0.354. The number of nitrogens with one attached hydrogen (secondary N) is 1. The van der Waals surface area contributed by atoms with Crippen LogP contribution in [-0.4, -0.2) is 22.9 Å². The number of anilines is 1. The van der Waals surface area contributed by atoms with Crippen molar-refractivity contribution >= 4 is 17.3 Å². The van der Waals surface area contributed by atoms with Crippen LogP contribution in [0.15, 0.2) is 53.5 Å². The number of guanidine groups is 1. The summed E-state index contributed by atoms with van der Waals surface area (Å²) >= 11 is 0. The first kappa shape index (κ1) is 18.1. The van der Waals surface area contributed by atoms with Gasteiger partial charge in [-0.15, -0.1) is 0 Å². The zero-order valence-corrected chi connectivity index (χ0v) is 15.7. The van der Waals surface area contributed by atoms with E-state index in [2.05, 4.69) is 100 Å². The molecule has 3 nitrogen and oxygen atoms in total. The molecule has 0 bridgehead atoms. The van der Waals surface area contributed by atoms with Gasteiger partial charge in [-0.05, 0) is 65.8 Å². The topological polar surface area (TPSA) is 27.6 Å². The SMILES string of the molecule is Cc1ccc(N=C(Nc2ccc(C)cc2)N(C(C)C)C(C)C)cc1. The second kappa shape index (κ2) is 8.00. The molecule has 0 fully saturated rings. The second-order valence-corrected chi connectivity index (χ2v) is 6.86. The molecule has 0 spiro atoms. The van der Waals surface area contributed by atoms with Crippen molar-refractivity contribution < 1.29 is 0 Å². The van der Waals surface area contributed by atoms with Crippen molar-refractivity contribution in [1.29, 1.82) is 0 Å². The van der Waals surface area contributed by atoms with Crippen LogP contribution >= 0.6 is 0 Å². The lowest BCUT2D eigenvalue weighted by atomic mass is 10.2. The van der Waals surface area contributed by atoms with E-state index < -0.39 is 0 Å². The molecule has 0 aliphatic carbocycles. The van der Waals surface area contributed by atoms with Gasteiger partial charge in [-0.25, -0.2) is 4.99 Å². The van der Waals surface area contributed by atoms with E-state index in [1.54, 1.807) is 0 Å². The summed E-state index contributed by atoms with van der Waals surface area (Å²) in [5.74, 6) is 0.882. The maximum absolute atomic E-state index is 4.89. The quantitative estimate of drug-likeness (QED) is 0.592. The number of aliphatic imine (C=N–C) groups is 1. The summed E-state index contributed by atoms with van der Waals surface area (Å²) in [4.78, 5) is 7.20. The number of hydrogen-bond acceptors (Lipinski definition) is 1. The van der Waals surface area contributed by atoms with Crippen LogP contribution in [0.1, 0.15) is 38.8 Å². The lowest BCUT2D eigenvalue weighted by Gasteiger charge is -2.34. The highest BCUT2D eigenvalue weighted by atomic mass is 15.3. The highest BCUT2D eigenvalue weighted by Gasteiger charge is 2.18. The molecule has 0 aliphatic heterocycles. The largest absolute Gasteiger partial charge is 0.338 e. The number of rotatable bonds is 4. The van der Waals surface area contributed by atoms with E-state index in [0.717, 1.165) is 17.3 Å². The van der Waals surface area contributed by atoms with E-state index in [1.807, 2.05) is 0 Å². The standard InChI is InChI=1S/C21H29N3/c1-15(2)24(16(3)4)21(22-19-11-7-17(5)8-12-19)23-20-13-9-18(6)10-14-20/h7-16H,1-6H3,(H,22,23). The van der Waals surface area contributed by atoms with E-state index in [0.29, 0.717) is 12.1 Å². The summed E-state index contributed by atoms with van der Waals surface area (Å²) < 4.78 is 0. The summed E-state index contributed by atoms with van der Waals surface area (Å²) in [5, 5.41) is 3.51. The molecule has 0 aromatic heterocycles. The molecule has 24 heavy (non-hydrogen) atoms. The normalized spacial score (nSPS) is 11.9. The van der Waals surface area contributed by atoms with Gasteiger partial charge in [-0.3, -0.25) is 0 Å². The van der Waals surface area contributed by atoms with Gasteiger partial charge < -0.3 is 10.2 Å². The fourth-order valence-electron chi connectivity index (χ4n) is 2.74. The minimum Gasteiger partial charge on any atom is -0.338 e. The van der Waals surface area contributed by atoms with Crippen molar-refractivity contribution in [2.24, 2.45) is 4.99 Å². The zero-order valence-electron chi connectivity index (χ0n) is 15.7. The first-order chi connectivity index (χ1) is 11.4. The number of benzene rings is 2. The van der Waals surface area contributed by atoms with Crippen LogP contribution in [0.25, 0.3) is 0 Å². The molecule has 0 saturated carbocycles. The molecule has 0 radical (unpaired) electrons. The zero-order chi connectivity index (χ0) is 17.7. The predicted molar refractivity (Wildman–Crippen MR) is 105 cm³/mol. The van der Waals surface area contributed by atoms with E-state index in [1.165, 1.54) is 11.1 Å². The van der Waals surface area contributed by atoms with Crippen LogP contribution in [0, 0.1) is 13.8 Å². The molecule has 0 amide bonds. The van der Waals surface area contributed by atoms with E-state index >= 15 is 0 Å². The van der Waals surface area contributed by atoms with Gasteiger partial charge in [0.1, 0.15) is 0 Å². The Kier molecular flexibility index (Phi) is 6.02. The van der Waals surface area contributed by atoms with Gasteiger partial charge in [-0.1, -0.05) is 35.4 Å². The molecule has 2 aromatic rings. The van der Waals surface area contributed by atoms with Gasteiger partial charge in [0.15, 0.2) is 0 Å². The molecule has 2 rings (SSSR count). The van der Waals surface area contributed by atoms with Crippen LogP contribution in [-0.2, 0) is 0 Å². The Balaban J connectivity index is 2.39. The van der Waals surface area contributed by atoms with Gasteiger partial charge in [-0.2, -0.15) is 0 Å². The maximum Gasteiger partial charge on any atom is 0.204 e. The summed E-state index contributed by atoms with van der Waals surface area (Å²) in [6.45, 7) is 13.0. The maximum atomic E-state index is 4.89. The Morgan fingerprint density at radius 3 is 1.71 bits per heavy atom. The van der Waals surface area contributed by atoms with Crippen LogP contribution < -0.4 is 5.32 Å². The van der Waals surface area contributed by atoms with Gasteiger partial charge in [0.05, 0.1) is 5.69 Å². The van der Waals surface area contributed by atoms with Crippen molar-refractivity contribution in [3.8, 4) is 0 Å². The van der Waals surface area contributed by atoms with Crippen molar-refractivity contribution in [1.82, 2.24) is 4.90 Å². The number of aryl methyl sites for hydroxylation is 2. The van der Waals surface area contributed by atoms with Gasteiger partial charge >= 0.3 is 0 Å². The molecular formula is C21H29N3. The summed E-state index contributed by atoms with van der Waals surface area (Å²) in [6, 6.07) is 17.4. The Morgan fingerprint density at radius 2 is 1.25 bits per heavy atom. The third-order valence-electron chi connectivity index (χ3n) is 3.93. The molecule has 2 aromatic carbocycles. The highest BCUT2D eigenvalue weighted by molar-refractivity contribution is 5.95. The minimum absolute atomic E-state index is 0.354. The summed E-state index contributed by atoms with van der Waals surface area (Å²) in [6.07, 6.45) is 0. The molecule has 0 heterocycles. The Hall–Kier alpha value is -2.29. The van der Waals surface area contributed by atoms with E-state index in [4.69, 9.17) is 4.99 Å². The smallest absolute Gasteiger partial charge is 0.204 e. The van der Waals surface area contributed by atoms with Crippen LogP contribution in [0.4, 0.5) is 11.4 Å². The lowest BCUT2D eigenvalue weighted by Crippen LogP contribution is -2.45. The molecule has 0 aliphatic rings. The Bertz CT molecular complexity index is 659. The average molecular weight is 323 g/mol. The third kappa shape index (κ3) is 4.85. The monoisotopic (exact) mass is 323 g/mol. The highest BCUT2D eigenvalue weighted by Crippen LogP contribution is 2.18. The number of hydrogen-bond donors (Lipinski definition) is 1. The van der Waals surface area contributed by atoms with Gasteiger partial charge in [0, 0.05) is 17.8 Å². The van der Waals surface area contributed by atoms with E-state index in [9.17, 15) is 0 Å². The molecule has 0 saturated heterocycles. The van der Waals surface area contributed by atoms with Crippen molar-refractivity contribution in [3.05, 3.63) is 59.7 Å². The van der Waals surface area contributed by atoms with E-state index in [-0.39, 0.29) is 0 Å². The first-order valence-electron chi connectivity index (χ1n) is 8.64. The number of nitrogens with zero attached hydrogens (tertiary/aromatic N) is 2. The molecule has 128 valence electrons. The predicted octanol–water partition coefficient (Wildman–Crippen LogP) is 5.52. The summed E-state index contributed by atoms with van der Waals surface area (Å²) in [7, 11) is 0. The average Bonchev–Trinajstić information content (AvgIpc) is 2.51. The molecule has 0 atom stereocenters. The first-order valence-corrected chi connectivity index (χ1v) is 8.64. The molecule has 3 heteroatoms. The van der Waals surface area contributed by atoms with Gasteiger partial charge in [0.2, 0.25) is 5.96 Å². The van der Waals surface area contributed by atoms with Crippen molar-refractivity contribution in [2.75, 3.05) is 5.32 Å². The molecular weight excluding hydrogens is 294 g/mol. The van der Waals surface area contributed by atoms with Crippen LogP contribution in [0.2, 0.25) is 0 Å². The lowest BCUT2D eigenvalue weighted by molar-refractivity contribution is 0.291. The Morgan fingerprint density at radius 1 is 0.792 bits per heavy atom.